The zero-order valence-corrected chi connectivity index (χ0v) is 23.7. The molecule has 1 aliphatic rings. The van der Waals surface area contributed by atoms with E-state index in [0.717, 1.165) is 15.9 Å². The van der Waals surface area contributed by atoms with Crippen LogP contribution >= 0.6 is 0 Å². The Kier molecular flexibility index (Phi) is 10.9. The van der Waals surface area contributed by atoms with Crippen molar-refractivity contribution in [2.45, 2.75) is 58.5 Å². The summed E-state index contributed by atoms with van der Waals surface area (Å²) < 4.78 is 38.0. The number of amides is 1. The van der Waals surface area contributed by atoms with E-state index < -0.39 is 18.1 Å². The first-order valence-electron chi connectivity index (χ1n) is 12.4. The maximum Gasteiger partial charge on any atom is 0.450 e. The molecule has 1 aromatic heterocycles. The summed E-state index contributed by atoms with van der Waals surface area (Å²) in [6, 6.07) is 6.74. The van der Waals surface area contributed by atoms with Crippen molar-refractivity contribution < 1.29 is 27.9 Å². The Hall–Kier alpha value is -4.75. The van der Waals surface area contributed by atoms with Gasteiger partial charge in [-0.3, -0.25) is 9.59 Å². The first-order valence-corrected chi connectivity index (χ1v) is 12.4. The fraction of sp³-hybridized carbons (Fsp3) is 0.385. The monoisotopic (exact) mass is 590 g/mol. The summed E-state index contributed by atoms with van der Waals surface area (Å²) in [5, 5.41) is 32.2. The Bertz CT molecular complexity index is 1430. The van der Waals surface area contributed by atoms with E-state index in [0.29, 0.717) is 29.0 Å². The largest absolute Gasteiger partial charge is 0.450 e. The average Bonchev–Trinajstić information content (AvgIpc) is 3.29. The summed E-state index contributed by atoms with van der Waals surface area (Å²) in [4.78, 5) is 27.3. The number of hydrogen-bond donors (Lipinski definition) is 5. The van der Waals surface area contributed by atoms with Gasteiger partial charge < -0.3 is 21.5 Å². The standard InChI is InChI=1S/C14H19N3O.C12H14F3N7O2/c1-9-6-10(8-15)7-11(12(9)16-5)13(18)17-14(2,3)4;13-12(14,15)11(16)20-21(17)5-7-4-8(6-23)22(19-7)10-9(24)2-1-3-18-10/h6-7,16H,1-5H3,(H,17,18);1,3-4,6,9,24H,2,5,17H2,(H2,16,20). The summed E-state index contributed by atoms with van der Waals surface area (Å²) in [7, 11) is 1.77. The number of nitrogens with two attached hydrogens (primary N) is 2. The van der Waals surface area contributed by atoms with Gasteiger partial charge in [-0.25, -0.2) is 20.6 Å². The molecular formula is C26H33F3N10O3. The number of aliphatic imine (C=N–C) groups is 1. The molecule has 0 bridgehead atoms. The molecule has 0 saturated carbocycles. The molecule has 42 heavy (non-hydrogen) atoms. The quantitative estimate of drug-likeness (QED) is 0.110. The summed E-state index contributed by atoms with van der Waals surface area (Å²) in [6.07, 6.45) is -1.93. The molecule has 1 amide bonds. The molecule has 7 N–H and O–H groups in total. The Morgan fingerprint density at radius 1 is 1.33 bits per heavy atom. The van der Waals surface area contributed by atoms with Gasteiger partial charge in [0.25, 0.3) is 5.91 Å². The highest BCUT2D eigenvalue weighted by Crippen LogP contribution is 2.23. The second-order valence-corrected chi connectivity index (χ2v) is 10.1. The fourth-order valence-corrected chi connectivity index (χ4v) is 3.66. The number of nitrogens with zero attached hydrogens (tertiary/aromatic N) is 6. The minimum absolute atomic E-state index is 0.0549. The van der Waals surface area contributed by atoms with Crippen LogP contribution in [0.25, 0.3) is 0 Å². The van der Waals surface area contributed by atoms with Gasteiger partial charge in [-0.15, -0.1) is 5.10 Å². The summed E-state index contributed by atoms with van der Waals surface area (Å²) in [5.74, 6) is 3.68. The lowest BCUT2D eigenvalue weighted by Crippen LogP contribution is -2.40. The molecule has 0 radical (unpaired) electrons. The molecule has 2 heterocycles. The number of carbonyl (C=O) groups excluding carboxylic acids is 2. The normalized spacial score (nSPS) is 15.1. The van der Waals surface area contributed by atoms with Gasteiger partial charge in [0.15, 0.2) is 12.1 Å². The van der Waals surface area contributed by atoms with Crippen molar-refractivity contribution in [1.82, 2.24) is 20.2 Å². The molecule has 0 aliphatic carbocycles. The maximum atomic E-state index is 12.3. The van der Waals surface area contributed by atoms with Crippen molar-refractivity contribution in [3.8, 4) is 6.07 Å². The second-order valence-electron chi connectivity index (χ2n) is 10.1. The number of hydrogen-bond acceptors (Lipinski definition) is 10. The minimum atomic E-state index is -4.81. The number of aromatic nitrogens is 2. The van der Waals surface area contributed by atoms with Gasteiger partial charge in [-0.2, -0.15) is 23.5 Å². The number of aldehydes is 1. The van der Waals surface area contributed by atoms with Crippen LogP contribution in [0.4, 0.5) is 18.9 Å². The maximum absolute atomic E-state index is 12.3. The summed E-state index contributed by atoms with van der Waals surface area (Å²) in [6.45, 7) is 7.30. The van der Waals surface area contributed by atoms with Gasteiger partial charge in [0.2, 0.25) is 5.84 Å². The highest BCUT2D eigenvalue weighted by molar-refractivity contribution is 6.01. The average molecular weight is 591 g/mol. The van der Waals surface area contributed by atoms with E-state index in [1.165, 1.54) is 12.3 Å². The van der Waals surface area contributed by atoms with Crippen LogP contribution in [0.3, 0.4) is 0 Å². The van der Waals surface area contributed by atoms with Crippen LogP contribution in [-0.4, -0.2) is 68.7 Å². The number of anilines is 1. The molecule has 0 spiro atoms. The summed E-state index contributed by atoms with van der Waals surface area (Å²) in [5.41, 5.74) is 7.29. The molecule has 1 unspecified atom stereocenters. The summed E-state index contributed by atoms with van der Waals surface area (Å²) >= 11 is 0. The molecule has 13 nitrogen and oxygen atoms in total. The lowest BCUT2D eigenvalue weighted by Gasteiger charge is -2.22. The number of amidine groups is 1. The van der Waals surface area contributed by atoms with E-state index in [4.69, 9.17) is 16.8 Å². The van der Waals surface area contributed by atoms with Gasteiger partial charge in [-0.1, -0.05) is 6.08 Å². The van der Waals surface area contributed by atoms with Crippen molar-refractivity contribution in [3.05, 3.63) is 58.6 Å². The highest BCUT2D eigenvalue weighted by Gasteiger charge is 2.34. The van der Waals surface area contributed by atoms with Gasteiger partial charge in [-0.05, 0) is 51.5 Å². The smallest absolute Gasteiger partial charge is 0.387 e. The Balaban J connectivity index is 0.000000307. The molecular weight excluding hydrogens is 557 g/mol. The van der Waals surface area contributed by atoms with Crippen LogP contribution in [0, 0.1) is 18.3 Å². The van der Waals surface area contributed by atoms with Gasteiger partial charge in [0.05, 0.1) is 29.4 Å². The number of hydrazine groups is 1. The number of aliphatic hydroxyl groups excluding tert-OH is 1. The molecule has 0 saturated heterocycles. The van der Waals surface area contributed by atoms with E-state index >= 15 is 0 Å². The molecule has 1 aliphatic heterocycles. The van der Waals surface area contributed by atoms with Gasteiger partial charge in [0, 0.05) is 30.9 Å². The molecule has 2 aromatic rings. The number of halogens is 3. The minimum Gasteiger partial charge on any atom is -0.387 e. The number of aliphatic hydroxyl groups is 1. The van der Waals surface area contributed by atoms with E-state index in [1.54, 1.807) is 25.3 Å². The molecule has 226 valence electrons. The van der Waals surface area contributed by atoms with Crippen molar-refractivity contribution in [3.63, 3.8) is 0 Å². The first-order chi connectivity index (χ1) is 19.5. The van der Waals surface area contributed by atoms with E-state index in [2.05, 4.69) is 31.9 Å². The number of alkyl halides is 3. The number of hydrazone groups is 1. The Morgan fingerprint density at radius 3 is 2.52 bits per heavy atom. The highest BCUT2D eigenvalue weighted by atomic mass is 19.4. The van der Waals surface area contributed by atoms with Crippen molar-refractivity contribution in [1.29, 1.82) is 5.26 Å². The Labute approximate surface area is 240 Å². The van der Waals surface area contributed by atoms with Crippen molar-refractivity contribution in [2.24, 2.45) is 21.7 Å². The number of nitriles is 1. The van der Waals surface area contributed by atoms with Crippen molar-refractivity contribution >= 4 is 29.6 Å². The predicted octanol–water partition coefficient (Wildman–Crippen LogP) is 2.17. The number of aryl methyl sites for hydroxylation is 1. The fourth-order valence-electron chi connectivity index (χ4n) is 3.66. The third-order valence-corrected chi connectivity index (χ3v) is 5.39. The molecule has 16 heteroatoms. The van der Waals surface area contributed by atoms with Crippen LogP contribution in [0.2, 0.25) is 0 Å². The van der Waals surface area contributed by atoms with Crippen LogP contribution in [0.15, 0.2) is 40.6 Å². The van der Waals surface area contributed by atoms with Gasteiger partial charge >= 0.3 is 6.18 Å². The zero-order chi connectivity index (χ0) is 31.8. The van der Waals surface area contributed by atoms with Crippen molar-refractivity contribution in [2.75, 3.05) is 12.4 Å². The van der Waals surface area contributed by atoms with E-state index in [9.17, 15) is 27.9 Å². The molecule has 1 aromatic carbocycles. The second kappa shape index (κ2) is 13.7. The number of rotatable bonds is 6. The van der Waals surface area contributed by atoms with Crippen LogP contribution in [0.1, 0.15) is 64.9 Å². The number of nitrogens with one attached hydrogen (secondary N) is 2. The SMILES string of the molecule is CNc1c(C)cc(C#N)cc1C(=O)NC(C)(C)C.N/C(=N\N(N)Cc1cc(C=O)n(C2=NC=CCC2O)n1)C(F)(F)F. The third kappa shape index (κ3) is 9.14. The molecule has 3 rings (SSSR count). The molecule has 0 fully saturated rings. The van der Waals surface area contributed by atoms with Gasteiger partial charge in [0.1, 0.15) is 11.8 Å². The van der Waals surface area contributed by atoms with Crippen LogP contribution in [-0.2, 0) is 6.54 Å². The predicted molar refractivity (Wildman–Crippen MR) is 150 cm³/mol. The lowest BCUT2D eigenvalue weighted by molar-refractivity contribution is -0.0615. The zero-order valence-electron chi connectivity index (χ0n) is 23.7. The van der Waals surface area contributed by atoms with E-state index in [-0.39, 0.29) is 35.2 Å². The molecule has 1 atom stereocenters. The Morgan fingerprint density at radius 2 is 2.00 bits per heavy atom. The number of carbonyl (C=O) groups is 2. The first kappa shape index (κ1) is 33.5. The third-order valence-electron chi connectivity index (χ3n) is 5.39. The number of benzene rings is 1. The van der Waals surface area contributed by atoms with Crippen LogP contribution in [0.5, 0.6) is 0 Å². The topological polar surface area (TPSA) is 200 Å². The van der Waals surface area contributed by atoms with E-state index in [1.807, 2.05) is 27.7 Å². The lowest BCUT2D eigenvalue weighted by atomic mass is 10.0. The van der Waals surface area contributed by atoms with Crippen LogP contribution < -0.4 is 22.2 Å².